The van der Waals surface area contributed by atoms with Gasteiger partial charge in [0.25, 0.3) is 0 Å². The summed E-state index contributed by atoms with van der Waals surface area (Å²) in [6.07, 6.45) is 6.16. The SMILES string of the molecule is CC1(C)OB(/C=C/c2ccc(CN3CCCCC3)cc2)OC1(C)C. The molecule has 0 atom stereocenters. The molecular weight excluding hydrogens is 297 g/mol. The fraction of sp³-hybridized carbons (Fsp3) is 0.600. The van der Waals surface area contributed by atoms with Crippen molar-refractivity contribution in [2.24, 2.45) is 0 Å². The van der Waals surface area contributed by atoms with Crippen LogP contribution in [0.3, 0.4) is 0 Å². The van der Waals surface area contributed by atoms with Gasteiger partial charge in [0.05, 0.1) is 11.2 Å². The lowest BCUT2D eigenvalue weighted by atomic mass is 9.89. The van der Waals surface area contributed by atoms with Gasteiger partial charge in [-0.05, 0) is 64.8 Å². The monoisotopic (exact) mass is 327 g/mol. The average molecular weight is 327 g/mol. The first-order chi connectivity index (χ1) is 11.4. The Hall–Kier alpha value is -1.10. The molecule has 4 heteroatoms. The Bertz CT molecular complexity index is 558. The number of likely N-dealkylation sites (tertiary alicyclic amines) is 1. The van der Waals surface area contributed by atoms with Crippen molar-refractivity contribution in [3.63, 3.8) is 0 Å². The van der Waals surface area contributed by atoms with Gasteiger partial charge < -0.3 is 9.31 Å². The maximum absolute atomic E-state index is 5.99. The second-order valence-corrected chi connectivity index (χ2v) is 8.06. The topological polar surface area (TPSA) is 21.7 Å². The van der Waals surface area contributed by atoms with Crippen LogP contribution >= 0.6 is 0 Å². The quantitative estimate of drug-likeness (QED) is 0.769. The Balaban J connectivity index is 1.56. The zero-order chi connectivity index (χ0) is 17.2. The van der Waals surface area contributed by atoms with Crippen LogP contribution in [0.15, 0.2) is 30.2 Å². The molecule has 24 heavy (non-hydrogen) atoms. The number of hydrogen-bond acceptors (Lipinski definition) is 3. The maximum Gasteiger partial charge on any atom is 0.487 e. The van der Waals surface area contributed by atoms with E-state index >= 15 is 0 Å². The van der Waals surface area contributed by atoms with E-state index in [-0.39, 0.29) is 18.3 Å². The van der Waals surface area contributed by atoms with Crippen LogP contribution in [-0.2, 0) is 15.9 Å². The number of rotatable bonds is 4. The lowest BCUT2D eigenvalue weighted by Crippen LogP contribution is -2.41. The summed E-state index contributed by atoms with van der Waals surface area (Å²) in [6.45, 7) is 11.9. The highest BCUT2D eigenvalue weighted by molar-refractivity contribution is 6.52. The van der Waals surface area contributed by atoms with E-state index in [1.54, 1.807) is 0 Å². The third kappa shape index (κ3) is 4.11. The van der Waals surface area contributed by atoms with Crippen molar-refractivity contribution in [2.75, 3.05) is 13.1 Å². The molecule has 0 radical (unpaired) electrons. The van der Waals surface area contributed by atoms with Crippen molar-refractivity contribution >= 4 is 13.2 Å². The Morgan fingerprint density at radius 1 is 0.958 bits per heavy atom. The van der Waals surface area contributed by atoms with E-state index in [4.69, 9.17) is 9.31 Å². The predicted molar refractivity (Wildman–Crippen MR) is 101 cm³/mol. The highest BCUT2D eigenvalue weighted by Gasteiger charge is 2.49. The Morgan fingerprint density at radius 2 is 1.54 bits per heavy atom. The molecule has 1 aromatic rings. The molecule has 2 fully saturated rings. The van der Waals surface area contributed by atoms with E-state index in [1.165, 1.54) is 43.5 Å². The van der Waals surface area contributed by atoms with Crippen molar-refractivity contribution in [1.82, 2.24) is 4.90 Å². The first-order valence-corrected chi connectivity index (χ1v) is 9.21. The summed E-state index contributed by atoms with van der Waals surface area (Å²) >= 11 is 0. The van der Waals surface area contributed by atoms with Crippen molar-refractivity contribution in [3.8, 4) is 0 Å². The maximum atomic E-state index is 5.99. The van der Waals surface area contributed by atoms with Gasteiger partial charge in [-0.2, -0.15) is 0 Å². The second-order valence-electron chi connectivity index (χ2n) is 8.06. The molecule has 0 amide bonds. The van der Waals surface area contributed by atoms with Crippen molar-refractivity contribution in [2.45, 2.75) is 64.7 Å². The van der Waals surface area contributed by atoms with Crippen LogP contribution in [0, 0.1) is 0 Å². The molecule has 0 aromatic heterocycles. The summed E-state index contributed by atoms with van der Waals surface area (Å²) < 4.78 is 12.0. The number of nitrogens with zero attached hydrogens (tertiary/aromatic N) is 1. The molecule has 2 aliphatic heterocycles. The van der Waals surface area contributed by atoms with Gasteiger partial charge in [0.1, 0.15) is 0 Å². The molecule has 3 nitrogen and oxygen atoms in total. The van der Waals surface area contributed by atoms with Crippen LogP contribution < -0.4 is 0 Å². The van der Waals surface area contributed by atoms with Gasteiger partial charge >= 0.3 is 7.12 Å². The van der Waals surface area contributed by atoms with Crippen LogP contribution in [0.4, 0.5) is 0 Å². The van der Waals surface area contributed by atoms with Gasteiger partial charge in [0.15, 0.2) is 0 Å². The zero-order valence-corrected chi connectivity index (χ0v) is 15.5. The van der Waals surface area contributed by atoms with E-state index in [0.29, 0.717) is 0 Å². The van der Waals surface area contributed by atoms with E-state index < -0.39 is 0 Å². The standard InChI is InChI=1S/C20H30BNO2/c1-19(2)20(3,4)24-21(23-19)13-12-17-8-10-18(11-9-17)16-22-14-6-5-7-15-22/h8-13H,5-7,14-16H2,1-4H3/b13-12+. The second kappa shape index (κ2) is 7.03. The minimum absolute atomic E-state index is 0.275. The first kappa shape index (κ1) is 17.7. The normalized spacial score (nSPS) is 23.9. The summed E-state index contributed by atoms with van der Waals surface area (Å²) in [4.78, 5) is 2.55. The van der Waals surface area contributed by atoms with Crippen LogP contribution in [0.25, 0.3) is 6.08 Å². The lowest BCUT2D eigenvalue weighted by Gasteiger charge is -2.32. The number of piperidine rings is 1. The third-order valence-electron chi connectivity index (χ3n) is 5.55. The summed E-state index contributed by atoms with van der Waals surface area (Å²) in [5, 5.41) is 0. The minimum atomic E-state index is -0.277. The number of benzene rings is 1. The Morgan fingerprint density at radius 3 is 2.12 bits per heavy atom. The van der Waals surface area contributed by atoms with E-state index in [9.17, 15) is 0 Å². The van der Waals surface area contributed by atoms with Crippen LogP contribution in [0.5, 0.6) is 0 Å². The molecule has 2 heterocycles. The average Bonchev–Trinajstić information content (AvgIpc) is 2.75. The fourth-order valence-corrected chi connectivity index (χ4v) is 3.27. The van der Waals surface area contributed by atoms with Gasteiger partial charge in [0.2, 0.25) is 0 Å². The zero-order valence-electron chi connectivity index (χ0n) is 15.5. The highest BCUT2D eigenvalue weighted by Crippen LogP contribution is 2.37. The summed E-state index contributed by atoms with van der Waals surface area (Å²) in [5.74, 6) is 2.01. The first-order valence-electron chi connectivity index (χ1n) is 9.21. The molecule has 0 bridgehead atoms. The molecule has 0 N–H and O–H groups in total. The summed E-state index contributed by atoms with van der Waals surface area (Å²) in [7, 11) is -0.275. The van der Waals surface area contributed by atoms with Gasteiger partial charge in [-0.3, -0.25) is 4.90 Å². The van der Waals surface area contributed by atoms with Crippen LogP contribution in [0.2, 0.25) is 0 Å². The largest absolute Gasteiger partial charge is 0.487 e. The van der Waals surface area contributed by atoms with Gasteiger partial charge in [0, 0.05) is 6.54 Å². The van der Waals surface area contributed by atoms with E-state index in [2.05, 4.69) is 62.9 Å². The third-order valence-corrected chi connectivity index (χ3v) is 5.55. The molecule has 3 rings (SSSR count). The predicted octanol–water partition coefficient (Wildman–Crippen LogP) is 4.32. The van der Waals surface area contributed by atoms with E-state index in [0.717, 1.165) is 6.54 Å². The summed E-state index contributed by atoms with van der Waals surface area (Å²) in [6, 6.07) is 8.83. The summed E-state index contributed by atoms with van der Waals surface area (Å²) in [5.41, 5.74) is 2.03. The van der Waals surface area contributed by atoms with Crippen LogP contribution in [0.1, 0.15) is 58.1 Å². The minimum Gasteiger partial charge on any atom is -0.400 e. The molecule has 2 saturated heterocycles. The molecule has 1 aromatic carbocycles. The smallest absolute Gasteiger partial charge is 0.400 e. The molecule has 0 unspecified atom stereocenters. The Kier molecular flexibility index (Phi) is 5.19. The molecule has 2 aliphatic rings. The molecular formula is C20H30BNO2. The van der Waals surface area contributed by atoms with Crippen molar-refractivity contribution in [3.05, 3.63) is 41.4 Å². The fourth-order valence-electron chi connectivity index (χ4n) is 3.27. The molecule has 130 valence electrons. The molecule has 0 saturated carbocycles. The van der Waals surface area contributed by atoms with Crippen molar-refractivity contribution in [1.29, 1.82) is 0 Å². The van der Waals surface area contributed by atoms with Gasteiger partial charge in [-0.15, -0.1) is 0 Å². The highest BCUT2D eigenvalue weighted by atomic mass is 16.7. The van der Waals surface area contributed by atoms with Gasteiger partial charge in [-0.25, -0.2) is 0 Å². The number of hydrogen-bond donors (Lipinski definition) is 0. The Labute approximate surface area is 147 Å². The van der Waals surface area contributed by atoms with E-state index in [1.807, 2.05) is 5.98 Å². The van der Waals surface area contributed by atoms with Gasteiger partial charge in [-0.1, -0.05) is 42.7 Å². The molecule has 0 spiro atoms. The van der Waals surface area contributed by atoms with Crippen LogP contribution in [-0.4, -0.2) is 36.3 Å². The molecule has 0 aliphatic carbocycles. The van der Waals surface area contributed by atoms with Crippen molar-refractivity contribution < 1.29 is 9.31 Å². The lowest BCUT2D eigenvalue weighted by molar-refractivity contribution is 0.00578.